The molecular formula is C7H13FN2O. The van der Waals surface area contributed by atoms with E-state index in [0.717, 1.165) is 12.8 Å². The van der Waals surface area contributed by atoms with E-state index in [2.05, 4.69) is 0 Å². The summed E-state index contributed by atoms with van der Waals surface area (Å²) in [7, 11) is 0. The van der Waals surface area contributed by atoms with Crippen LogP contribution >= 0.6 is 0 Å². The van der Waals surface area contributed by atoms with Gasteiger partial charge < -0.3 is 0 Å². The van der Waals surface area contributed by atoms with Crippen LogP contribution in [0.2, 0.25) is 0 Å². The van der Waals surface area contributed by atoms with Gasteiger partial charge in [0.2, 0.25) is 5.91 Å². The Hall–Kier alpha value is -0.640. The molecule has 11 heavy (non-hydrogen) atoms. The highest BCUT2D eigenvalue weighted by Gasteiger charge is 2.26. The molecule has 0 saturated heterocycles. The quantitative estimate of drug-likeness (QED) is 0.333. The number of hydrazine groups is 1. The van der Waals surface area contributed by atoms with Gasteiger partial charge in [0.1, 0.15) is 6.17 Å². The molecule has 0 aromatic heterocycles. The number of carbonyl (C=O) groups excluding carboxylic acids is 1. The zero-order chi connectivity index (χ0) is 8.27. The standard InChI is InChI=1S/C7H13FN2O/c8-6-3-1-2-5(4-6)7(11)10-9/h5-6H,1-4,9H2,(H,10,11). The normalized spacial score (nSPS) is 31.5. The van der Waals surface area contributed by atoms with E-state index in [4.69, 9.17) is 5.84 Å². The van der Waals surface area contributed by atoms with Crippen LogP contribution in [0.3, 0.4) is 0 Å². The maximum Gasteiger partial charge on any atom is 0.237 e. The van der Waals surface area contributed by atoms with Crippen molar-refractivity contribution < 1.29 is 9.18 Å². The van der Waals surface area contributed by atoms with Crippen molar-refractivity contribution in [3.8, 4) is 0 Å². The van der Waals surface area contributed by atoms with E-state index in [1.807, 2.05) is 5.43 Å². The van der Waals surface area contributed by atoms with Crippen molar-refractivity contribution in [1.82, 2.24) is 5.43 Å². The van der Waals surface area contributed by atoms with E-state index in [0.29, 0.717) is 12.8 Å². The average molecular weight is 160 g/mol. The van der Waals surface area contributed by atoms with Gasteiger partial charge in [-0.1, -0.05) is 0 Å². The van der Waals surface area contributed by atoms with Crippen molar-refractivity contribution in [3.63, 3.8) is 0 Å². The first-order valence-corrected chi connectivity index (χ1v) is 3.88. The molecule has 4 heteroatoms. The molecular weight excluding hydrogens is 147 g/mol. The van der Waals surface area contributed by atoms with Crippen molar-refractivity contribution in [2.45, 2.75) is 31.9 Å². The summed E-state index contributed by atoms with van der Waals surface area (Å²) in [6, 6.07) is 0. The van der Waals surface area contributed by atoms with Crippen molar-refractivity contribution in [2.24, 2.45) is 11.8 Å². The lowest BCUT2D eigenvalue weighted by atomic mass is 9.87. The van der Waals surface area contributed by atoms with Gasteiger partial charge in [0.25, 0.3) is 0 Å². The number of rotatable bonds is 1. The predicted molar refractivity (Wildman–Crippen MR) is 39.2 cm³/mol. The Balaban J connectivity index is 2.39. The van der Waals surface area contributed by atoms with Gasteiger partial charge in [-0.05, 0) is 25.7 Å². The van der Waals surface area contributed by atoms with Gasteiger partial charge in [0.05, 0.1) is 0 Å². The number of halogens is 1. The molecule has 2 atom stereocenters. The third kappa shape index (κ3) is 2.15. The van der Waals surface area contributed by atoms with Crippen LogP contribution in [0.1, 0.15) is 25.7 Å². The SMILES string of the molecule is NNC(=O)C1CCCC(F)C1. The Morgan fingerprint density at radius 1 is 1.55 bits per heavy atom. The summed E-state index contributed by atoms with van der Waals surface area (Å²) in [5.41, 5.74) is 2.05. The highest BCUT2D eigenvalue weighted by molar-refractivity contribution is 5.78. The number of carbonyl (C=O) groups is 1. The molecule has 1 aliphatic carbocycles. The number of nitrogens with one attached hydrogen (secondary N) is 1. The van der Waals surface area contributed by atoms with E-state index in [1.165, 1.54) is 0 Å². The molecule has 1 amide bonds. The molecule has 0 radical (unpaired) electrons. The van der Waals surface area contributed by atoms with Gasteiger partial charge >= 0.3 is 0 Å². The van der Waals surface area contributed by atoms with Crippen molar-refractivity contribution in [2.75, 3.05) is 0 Å². The van der Waals surface area contributed by atoms with Gasteiger partial charge in [-0.3, -0.25) is 10.2 Å². The number of hydrogen-bond donors (Lipinski definition) is 2. The average Bonchev–Trinajstić information content (AvgIpc) is 2.03. The lowest BCUT2D eigenvalue weighted by Crippen LogP contribution is -2.38. The minimum absolute atomic E-state index is 0.205. The molecule has 1 aliphatic rings. The van der Waals surface area contributed by atoms with Crippen LogP contribution < -0.4 is 11.3 Å². The van der Waals surface area contributed by atoms with Gasteiger partial charge in [-0.25, -0.2) is 10.2 Å². The van der Waals surface area contributed by atoms with Crippen LogP contribution in [0.4, 0.5) is 4.39 Å². The fraction of sp³-hybridized carbons (Fsp3) is 0.857. The molecule has 0 heterocycles. The molecule has 2 unspecified atom stereocenters. The fourth-order valence-corrected chi connectivity index (χ4v) is 1.49. The maximum absolute atomic E-state index is 12.7. The lowest BCUT2D eigenvalue weighted by molar-refractivity contribution is -0.126. The molecule has 0 bridgehead atoms. The third-order valence-electron chi connectivity index (χ3n) is 2.12. The second kappa shape index (κ2) is 3.67. The van der Waals surface area contributed by atoms with Crippen LogP contribution in [-0.2, 0) is 4.79 Å². The molecule has 0 aliphatic heterocycles. The van der Waals surface area contributed by atoms with E-state index in [1.54, 1.807) is 0 Å². The molecule has 1 fully saturated rings. The number of alkyl halides is 1. The summed E-state index contributed by atoms with van der Waals surface area (Å²) in [4.78, 5) is 10.9. The van der Waals surface area contributed by atoms with E-state index < -0.39 is 6.17 Å². The Bertz CT molecular complexity index is 151. The summed E-state index contributed by atoms with van der Waals surface area (Å²) >= 11 is 0. The van der Waals surface area contributed by atoms with Crippen LogP contribution in [-0.4, -0.2) is 12.1 Å². The summed E-state index contributed by atoms with van der Waals surface area (Å²) in [5.74, 6) is 4.49. The highest BCUT2D eigenvalue weighted by atomic mass is 19.1. The zero-order valence-corrected chi connectivity index (χ0v) is 6.35. The second-order valence-electron chi connectivity index (χ2n) is 2.97. The van der Waals surface area contributed by atoms with Gasteiger partial charge in [-0.15, -0.1) is 0 Å². The second-order valence-corrected chi connectivity index (χ2v) is 2.97. The first-order valence-electron chi connectivity index (χ1n) is 3.88. The Morgan fingerprint density at radius 2 is 2.27 bits per heavy atom. The number of nitrogens with two attached hydrogens (primary N) is 1. The first kappa shape index (κ1) is 8.46. The predicted octanol–water partition coefficient (Wildman–Crippen LogP) is 0.505. The van der Waals surface area contributed by atoms with E-state index in [9.17, 15) is 9.18 Å². The van der Waals surface area contributed by atoms with Crippen LogP contribution in [0, 0.1) is 5.92 Å². The van der Waals surface area contributed by atoms with Crippen molar-refractivity contribution in [1.29, 1.82) is 0 Å². The van der Waals surface area contributed by atoms with Crippen LogP contribution in [0.25, 0.3) is 0 Å². The summed E-state index contributed by atoms with van der Waals surface area (Å²) in [5, 5.41) is 0. The van der Waals surface area contributed by atoms with Gasteiger partial charge in [-0.2, -0.15) is 0 Å². The molecule has 0 aromatic carbocycles. The third-order valence-corrected chi connectivity index (χ3v) is 2.12. The largest absolute Gasteiger partial charge is 0.294 e. The molecule has 3 nitrogen and oxygen atoms in total. The first-order chi connectivity index (χ1) is 5.24. The zero-order valence-electron chi connectivity index (χ0n) is 6.35. The van der Waals surface area contributed by atoms with E-state index in [-0.39, 0.29) is 11.8 Å². The van der Waals surface area contributed by atoms with Gasteiger partial charge in [0.15, 0.2) is 0 Å². The molecule has 1 saturated carbocycles. The summed E-state index contributed by atoms with van der Waals surface area (Å²) < 4.78 is 12.7. The number of hydrogen-bond acceptors (Lipinski definition) is 2. The minimum atomic E-state index is -0.814. The van der Waals surface area contributed by atoms with Gasteiger partial charge in [0, 0.05) is 5.92 Å². The smallest absolute Gasteiger partial charge is 0.237 e. The topological polar surface area (TPSA) is 55.1 Å². The summed E-state index contributed by atoms with van der Waals surface area (Å²) in [6.45, 7) is 0. The molecule has 3 N–H and O–H groups in total. The van der Waals surface area contributed by atoms with Crippen molar-refractivity contribution >= 4 is 5.91 Å². The molecule has 0 spiro atoms. The Kier molecular flexibility index (Phi) is 2.82. The Morgan fingerprint density at radius 3 is 2.82 bits per heavy atom. The summed E-state index contributed by atoms with van der Waals surface area (Å²) in [6.07, 6.45) is 1.67. The maximum atomic E-state index is 12.7. The fourth-order valence-electron chi connectivity index (χ4n) is 1.49. The van der Waals surface area contributed by atoms with Crippen molar-refractivity contribution in [3.05, 3.63) is 0 Å². The van der Waals surface area contributed by atoms with E-state index >= 15 is 0 Å². The molecule has 0 aromatic rings. The highest BCUT2D eigenvalue weighted by Crippen LogP contribution is 2.25. The molecule has 64 valence electrons. The molecule has 1 rings (SSSR count). The van der Waals surface area contributed by atoms with Crippen LogP contribution in [0.15, 0.2) is 0 Å². The number of amides is 1. The monoisotopic (exact) mass is 160 g/mol. The Labute approximate surface area is 65.1 Å². The lowest BCUT2D eigenvalue weighted by Gasteiger charge is -2.22. The minimum Gasteiger partial charge on any atom is -0.294 e. The van der Waals surface area contributed by atoms with Crippen LogP contribution in [0.5, 0.6) is 0 Å².